The zero-order chi connectivity index (χ0) is 13.9. The van der Waals surface area contributed by atoms with Crippen molar-refractivity contribution in [2.45, 2.75) is 24.2 Å². The molecular weight excluding hydrogens is 252 g/mol. The van der Waals surface area contributed by atoms with Crippen LogP contribution >= 0.6 is 0 Å². The van der Waals surface area contributed by atoms with Gasteiger partial charge in [0.2, 0.25) is 8.32 Å². The molecule has 0 amide bonds. The Morgan fingerprint density at radius 2 is 1.50 bits per heavy atom. The predicted octanol–water partition coefficient (Wildman–Crippen LogP) is 1.74. The van der Waals surface area contributed by atoms with Crippen LogP contribution in [0.25, 0.3) is 0 Å². The van der Waals surface area contributed by atoms with E-state index < -0.39 is 20.1 Å². The molecule has 5 nitrogen and oxygen atoms in total. The summed E-state index contributed by atoms with van der Waals surface area (Å²) in [6.07, 6.45) is 0.575. The molecule has 6 heteroatoms. The first-order chi connectivity index (χ1) is 8.53. The van der Waals surface area contributed by atoms with Gasteiger partial charge in [0, 0.05) is 34.9 Å². The molecule has 1 fully saturated rings. The highest BCUT2D eigenvalue weighted by Crippen LogP contribution is 2.45. The molecule has 0 radical (unpaired) electrons. The van der Waals surface area contributed by atoms with Gasteiger partial charge in [-0.15, -0.1) is 13.2 Å². The van der Waals surface area contributed by atoms with Gasteiger partial charge in [0.1, 0.15) is 0 Å². The van der Waals surface area contributed by atoms with Gasteiger partial charge in [-0.1, -0.05) is 11.4 Å². The van der Waals surface area contributed by atoms with Crippen molar-refractivity contribution in [1.29, 1.82) is 0 Å². The molecule has 1 saturated heterocycles. The van der Waals surface area contributed by atoms with Crippen LogP contribution < -0.4 is 0 Å². The third kappa shape index (κ3) is 2.09. The summed E-state index contributed by atoms with van der Waals surface area (Å²) < 4.78 is 27.9. The van der Waals surface area contributed by atoms with E-state index in [0.29, 0.717) is 6.42 Å². The molecule has 104 valence electrons. The Morgan fingerprint density at radius 3 is 1.83 bits per heavy atom. The van der Waals surface area contributed by atoms with Gasteiger partial charge in [0.15, 0.2) is 0 Å². The van der Waals surface area contributed by atoms with E-state index in [4.69, 9.17) is 23.4 Å². The standard InChI is InChI=1S/C12H22O5Si/c1-7-18(8-2)10-9-11(13-3,14-4)12(15-5,16-6)17-18/h7-8H,1-2,9-10H2,3-6H3. The lowest BCUT2D eigenvalue weighted by Gasteiger charge is -2.52. The van der Waals surface area contributed by atoms with Gasteiger partial charge < -0.3 is 23.4 Å². The molecule has 18 heavy (non-hydrogen) atoms. The Morgan fingerprint density at radius 1 is 1.00 bits per heavy atom. The molecular formula is C12H22O5Si. The zero-order valence-corrected chi connectivity index (χ0v) is 12.5. The maximum Gasteiger partial charge on any atom is 0.331 e. The first-order valence-electron chi connectivity index (χ1n) is 5.71. The molecule has 0 aromatic carbocycles. The molecule has 0 unspecified atom stereocenters. The molecule has 0 aliphatic carbocycles. The first kappa shape index (κ1) is 15.6. The SMILES string of the molecule is C=C[Si]1(C=C)CCC(OC)(OC)C(OC)(OC)O1. The fourth-order valence-electron chi connectivity index (χ4n) is 2.28. The highest BCUT2D eigenvalue weighted by molar-refractivity contribution is 6.83. The summed E-state index contributed by atoms with van der Waals surface area (Å²) >= 11 is 0. The third-order valence-electron chi connectivity index (χ3n) is 3.52. The second kappa shape index (κ2) is 5.64. The van der Waals surface area contributed by atoms with Gasteiger partial charge >= 0.3 is 5.97 Å². The van der Waals surface area contributed by atoms with E-state index in [1.54, 1.807) is 0 Å². The number of ether oxygens (including phenoxy) is 4. The molecule has 1 aliphatic rings. The smallest absolute Gasteiger partial charge is 0.331 e. The van der Waals surface area contributed by atoms with Crippen molar-refractivity contribution in [1.82, 2.24) is 0 Å². The van der Waals surface area contributed by atoms with Crippen LogP contribution in [0, 0.1) is 0 Å². The lowest BCUT2D eigenvalue weighted by Crippen LogP contribution is -2.68. The van der Waals surface area contributed by atoms with Gasteiger partial charge in [-0.3, -0.25) is 0 Å². The fraction of sp³-hybridized carbons (Fsp3) is 0.667. The van der Waals surface area contributed by atoms with Crippen LogP contribution in [0.5, 0.6) is 0 Å². The Kier molecular flexibility index (Phi) is 4.88. The quantitative estimate of drug-likeness (QED) is 0.545. The molecule has 1 rings (SSSR count). The maximum absolute atomic E-state index is 6.06. The molecule has 0 spiro atoms. The minimum absolute atomic E-state index is 0.575. The molecule has 0 saturated carbocycles. The molecule has 0 aromatic rings. The monoisotopic (exact) mass is 274 g/mol. The van der Waals surface area contributed by atoms with Gasteiger partial charge in [-0.2, -0.15) is 0 Å². The average molecular weight is 274 g/mol. The van der Waals surface area contributed by atoms with Crippen molar-refractivity contribution >= 4 is 8.32 Å². The number of rotatable bonds is 6. The highest BCUT2D eigenvalue weighted by atomic mass is 28.4. The lowest BCUT2D eigenvalue weighted by molar-refractivity contribution is -0.466. The van der Waals surface area contributed by atoms with Gasteiger partial charge in [0.25, 0.3) is 5.79 Å². The van der Waals surface area contributed by atoms with E-state index in [0.717, 1.165) is 6.04 Å². The average Bonchev–Trinajstić information content (AvgIpc) is 2.46. The predicted molar refractivity (Wildman–Crippen MR) is 70.2 cm³/mol. The van der Waals surface area contributed by atoms with Gasteiger partial charge in [0.05, 0.1) is 0 Å². The van der Waals surface area contributed by atoms with Crippen LogP contribution in [-0.4, -0.2) is 48.5 Å². The minimum atomic E-state index is -2.31. The van der Waals surface area contributed by atoms with Gasteiger partial charge in [-0.25, -0.2) is 0 Å². The Bertz CT molecular complexity index is 302. The third-order valence-corrected chi connectivity index (χ3v) is 6.59. The summed E-state index contributed by atoms with van der Waals surface area (Å²) in [5.74, 6) is -2.51. The zero-order valence-electron chi connectivity index (χ0n) is 11.5. The lowest BCUT2D eigenvalue weighted by atomic mass is 10.1. The van der Waals surface area contributed by atoms with Crippen LogP contribution in [0.4, 0.5) is 0 Å². The Labute approximate surface area is 109 Å². The number of hydrogen-bond donors (Lipinski definition) is 0. The summed E-state index contributed by atoms with van der Waals surface area (Å²) in [6.45, 7) is 7.67. The second-order valence-electron chi connectivity index (χ2n) is 4.09. The van der Waals surface area contributed by atoms with Crippen molar-refractivity contribution in [3.8, 4) is 0 Å². The van der Waals surface area contributed by atoms with E-state index in [1.807, 2.05) is 11.4 Å². The summed E-state index contributed by atoms with van der Waals surface area (Å²) in [5, 5.41) is 0. The number of hydrogen-bond acceptors (Lipinski definition) is 5. The van der Waals surface area contributed by atoms with Crippen LogP contribution in [0.15, 0.2) is 24.6 Å². The van der Waals surface area contributed by atoms with Gasteiger partial charge in [-0.05, 0) is 6.04 Å². The van der Waals surface area contributed by atoms with Crippen LogP contribution in [-0.2, 0) is 23.4 Å². The summed E-state index contributed by atoms with van der Waals surface area (Å²) in [6, 6.07) is 0.746. The van der Waals surface area contributed by atoms with Crippen molar-refractivity contribution in [3.05, 3.63) is 24.6 Å². The van der Waals surface area contributed by atoms with E-state index in [1.165, 1.54) is 28.4 Å². The largest absolute Gasteiger partial charge is 0.357 e. The highest BCUT2D eigenvalue weighted by Gasteiger charge is 2.63. The summed E-state index contributed by atoms with van der Waals surface area (Å²) in [7, 11) is 3.75. The molecule has 1 heterocycles. The van der Waals surface area contributed by atoms with Crippen molar-refractivity contribution in [2.24, 2.45) is 0 Å². The van der Waals surface area contributed by atoms with Crippen molar-refractivity contribution < 1.29 is 23.4 Å². The van der Waals surface area contributed by atoms with E-state index in [-0.39, 0.29) is 0 Å². The number of methoxy groups -OCH3 is 4. The van der Waals surface area contributed by atoms with Crippen molar-refractivity contribution in [2.75, 3.05) is 28.4 Å². The first-order valence-corrected chi connectivity index (χ1v) is 7.98. The van der Waals surface area contributed by atoms with Crippen LogP contribution in [0.2, 0.25) is 6.04 Å². The summed E-state index contributed by atoms with van der Waals surface area (Å²) in [5.41, 5.74) is 3.62. The topological polar surface area (TPSA) is 46.2 Å². The minimum Gasteiger partial charge on any atom is -0.357 e. The van der Waals surface area contributed by atoms with E-state index in [9.17, 15) is 0 Å². The van der Waals surface area contributed by atoms with Crippen molar-refractivity contribution in [3.63, 3.8) is 0 Å². The molecule has 1 aliphatic heterocycles. The summed E-state index contributed by atoms with van der Waals surface area (Å²) in [4.78, 5) is 0. The second-order valence-corrected chi connectivity index (χ2v) is 7.52. The van der Waals surface area contributed by atoms with Crippen LogP contribution in [0.1, 0.15) is 6.42 Å². The van der Waals surface area contributed by atoms with E-state index in [2.05, 4.69) is 13.2 Å². The normalized spacial score (nSPS) is 24.4. The Hall–Kier alpha value is -0.503. The molecule has 0 atom stereocenters. The molecule has 0 N–H and O–H groups in total. The van der Waals surface area contributed by atoms with Crippen LogP contribution in [0.3, 0.4) is 0 Å². The maximum atomic E-state index is 6.06. The fourth-order valence-corrected chi connectivity index (χ4v) is 4.66. The molecule has 0 bridgehead atoms. The van der Waals surface area contributed by atoms with E-state index >= 15 is 0 Å². The molecule has 0 aromatic heterocycles. The Balaban J connectivity index is 3.22.